The van der Waals surface area contributed by atoms with Crippen molar-refractivity contribution in [2.45, 2.75) is 26.2 Å². The highest BCUT2D eigenvalue weighted by atomic mass is 16.5. The number of benzene rings is 3. The van der Waals surface area contributed by atoms with Crippen LogP contribution in [0.2, 0.25) is 0 Å². The van der Waals surface area contributed by atoms with Gasteiger partial charge in [-0.05, 0) is 62.1 Å². The number of anilines is 2. The fraction of sp³-hybridized carbons (Fsp3) is 0.179. The van der Waals surface area contributed by atoms with Crippen LogP contribution in [0.1, 0.15) is 33.7 Å². The lowest BCUT2D eigenvalue weighted by Crippen LogP contribution is -2.20. The summed E-state index contributed by atoms with van der Waals surface area (Å²) in [5, 5.41) is 10.4. The van der Waals surface area contributed by atoms with Crippen LogP contribution >= 0.6 is 0 Å². The predicted molar refractivity (Wildman–Crippen MR) is 135 cm³/mol. The monoisotopic (exact) mass is 466 g/mol. The smallest absolute Gasteiger partial charge is 0.276 e. The second kappa shape index (κ2) is 9.85. The Bertz CT molecular complexity index is 1380. The lowest BCUT2D eigenvalue weighted by Gasteiger charge is -2.10. The average Bonchev–Trinajstić information content (AvgIpc) is 3.47. The standard InChI is InChI=1S/C28H26N4O3/c1-19-9-5-6-15-24(19)32-25-16-8-14-23(25)27(31-32)28(34)30-21-12-7-13-22(17-21)35-18-26(33)29-20-10-3-2-4-11-20/h2-7,9-13,15,17H,8,14,16,18H2,1H3,(H,29,33)(H,30,34). The first kappa shape index (κ1) is 22.4. The van der Waals surface area contributed by atoms with Gasteiger partial charge in [0, 0.05) is 28.7 Å². The molecule has 0 spiro atoms. The molecule has 176 valence electrons. The maximum Gasteiger partial charge on any atom is 0.276 e. The molecular formula is C28H26N4O3. The van der Waals surface area contributed by atoms with E-state index in [4.69, 9.17) is 9.84 Å². The molecule has 1 aliphatic rings. The molecule has 0 atom stereocenters. The van der Waals surface area contributed by atoms with Crippen molar-refractivity contribution < 1.29 is 14.3 Å². The zero-order valence-corrected chi connectivity index (χ0v) is 19.5. The van der Waals surface area contributed by atoms with E-state index in [1.165, 1.54) is 0 Å². The third kappa shape index (κ3) is 4.94. The van der Waals surface area contributed by atoms with Gasteiger partial charge < -0.3 is 15.4 Å². The van der Waals surface area contributed by atoms with Gasteiger partial charge in [0.2, 0.25) is 0 Å². The number of hydrogen-bond donors (Lipinski definition) is 2. The van der Waals surface area contributed by atoms with Gasteiger partial charge in [-0.1, -0.05) is 42.5 Å². The molecule has 1 aromatic heterocycles. The number of para-hydroxylation sites is 2. The summed E-state index contributed by atoms with van der Waals surface area (Å²) >= 11 is 0. The first-order valence-corrected chi connectivity index (χ1v) is 11.6. The minimum Gasteiger partial charge on any atom is -0.484 e. The van der Waals surface area contributed by atoms with Gasteiger partial charge in [-0.25, -0.2) is 4.68 Å². The van der Waals surface area contributed by atoms with Crippen LogP contribution in [-0.4, -0.2) is 28.2 Å². The van der Waals surface area contributed by atoms with Crippen LogP contribution in [0.15, 0.2) is 78.9 Å². The van der Waals surface area contributed by atoms with Crippen molar-refractivity contribution in [2.24, 2.45) is 0 Å². The topological polar surface area (TPSA) is 85.2 Å². The highest BCUT2D eigenvalue weighted by Gasteiger charge is 2.27. The Balaban J connectivity index is 1.28. The molecule has 7 heteroatoms. The summed E-state index contributed by atoms with van der Waals surface area (Å²) in [7, 11) is 0. The number of nitrogens with zero attached hydrogens (tertiary/aromatic N) is 2. The number of carbonyl (C=O) groups is 2. The van der Waals surface area contributed by atoms with E-state index in [-0.39, 0.29) is 18.4 Å². The molecule has 4 aromatic rings. The Hall–Kier alpha value is -4.39. The quantitative estimate of drug-likeness (QED) is 0.404. The van der Waals surface area contributed by atoms with E-state index in [1.54, 1.807) is 24.3 Å². The van der Waals surface area contributed by atoms with E-state index in [0.29, 0.717) is 22.8 Å². The van der Waals surface area contributed by atoms with Gasteiger partial charge in [-0.2, -0.15) is 5.10 Å². The van der Waals surface area contributed by atoms with Gasteiger partial charge in [0.15, 0.2) is 12.3 Å². The predicted octanol–water partition coefficient (Wildman–Crippen LogP) is 4.94. The Kier molecular flexibility index (Phi) is 6.30. The van der Waals surface area contributed by atoms with Crippen molar-refractivity contribution in [2.75, 3.05) is 17.2 Å². The van der Waals surface area contributed by atoms with E-state index in [2.05, 4.69) is 10.6 Å². The fourth-order valence-corrected chi connectivity index (χ4v) is 4.34. The van der Waals surface area contributed by atoms with Gasteiger partial charge in [0.25, 0.3) is 11.8 Å². The summed E-state index contributed by atoms with van der Waals surface area (Å²) in [5.41, 5.74) is 5.95. The zero-order valence-electron chi connectivity index (χ0n) is 19.5. The summed E-state index contributed by atoms with van der Waals surface area (Å²) < 4.78 is 7.55. The first-order valence-electron chi connectivity index (χ1n) is 11.6. The molecule has 3 aromatic carbocycles. The number of carbonyl (C=O) groups excluding carboxylic acids is 2. The van der Waals surface area contributed by atoms with Crippen molar-refractivity contribution in [1.29, 1.82) is 0 Å². The van der Waals surface area contributed by atoms with Crippen LogP contribution in [0.3, 0.4) is 0 Å². The first-order chi connectivity index (χ1) is 17.1. The second-order valence-electron chi connectivity index (χ2n) is 8.51. The average molecular weight is 467 g/mol. The van der Waals surface area contributed by atoms with Crippen LogP contribution in [0, 0.1) is 6.92 Å². The van der Waals surface area contributed by atoms with Gasteiger partial charge in [0.1, 0.15) is 5.75 Å². The molecule has 7 nitrogen and oxygen atoms in total. The van der Waals surface area contributed by atoms with Crippen molar-refractivity contribution >= 4 is 23.2 Å². The molecule has 2 N–H and O–H groups in total. The number of fused-ring (bicyclic) bond motifs is 1. The zero-order chi connectivity index (χ0) is 24.2. The number of ether oxygens (including phenoxy) is 1. The maximum atomic E-state index is 13.2. The number of aromatic nitrogens is 2. The fourth-order valence-electron chi connectivity index (χ4n) is 4.34. The molecule has 1 heterocycles. The number of rotatable bonds is 7. The molecule has 5 rings (SSSR count). The summed E-state index contributed by atoms with van der Waals surface area (Å²) in [4.78, 5) is 25.4. The van der Waals surface area contributed by atoms with Crippen molar-refractivity contribution in [3.8, 4) is 11.4 Å². The van der Waals surface area contributed by atoms with E-state index in [0.717, 1.165) is 41.8 Å². The summed E-state index contributed by atoms with van der Waals surface area (Å²) in [6.45, 7) is 1.91. The van der Waals surface area contributed by atoms with E-state index >= 15 is 0 Å². The van der Waals surface area contributed by atoms with Crippen molar-refractivity contribution in [3.63, 3.8) is 0 Å². The molecule has 0 saturated heterocycles. The molecule has 1 aliphatic carbocycles. The van der Waals surface area contributed by atoms with Gasteiger partial charge in [0.05, 0.1) is 5.69 Å². The van der Waals surface area contributed by atoms with Gasteiger partial charge in [-0.15, -0.1) is 0 Å². The SMILES string of the molecule is Cc1ccccc1-n1nc(C(=O)Nc2cccc(OCC(=O)Nc3ccccc3)c2)c2c1CCC2. The Morgan fingerprint density at radius 1 is 0.914 bits per heavy atom. The minimum absolute atomic E-state index is 0.138. The third-order valence-electron chi connectivity index (χ3n) is 6.01. The highest BCUT2D eigenvalue weighted by molar-refractivity contribution is 6.04. The van der Waals surface area contributed by atoms with E-state index < -0.39 is 0 Å². The van der Waals surface area contributed by atoms with E-state index in [9.17, 15) is 9.59 Å². The van der Waals surface area contributed by atoms with Crippen LogP contribution in [-0.2, 0) is 17.6 Å². The second-order valence-corrected chi connectivity index (χ2v) is 8.51. The molecule has 0 unspecified atom stereocenters. The van der Waals surface area contributed by atoms with Crippen molar-refractivity contribution in [1.82, 2.24) is 9.78 Å². The number of nitrogens with one attached hydrogen (secondary N) is 2. The van der Waals surface area contributed by atoms with Crippen LogP contribution in [0.5, 0.6) is 5.75 Å². The number of amides is 2. The molecule has 2 amide bonds. The molecule has 0 fully saturated rings. The summed E-state index contributed by atoms with van der Waals surface area (Å²) in [5.74, 6) is -0.0286. The normalized spacial score (nSPS) is 12.1. The Labute approximate surface area is 203 Å². The number of aryl methyl sites for hydroxylation is 1. The summed E-state index contributed by atoms with van der Waals surface area (Å²) in [6, 6.07) is 24.3. The third-order valence-corrected chi connectivity index (χ3v) is 6.01. The van der Waals surface area contributed by atoms with Crippen LogP contribution in [0.4, 0.5) is 11.4 Å². The van der Waals surface area contributed by atoms with Crippen LogP contribution < -0.4 is 15.4 Å². The van der Waals surface area contributed by atoms with Crippen LogP contribution in [0.25, 0.3) is 5.69 Å². The summed E-state index contributed by atoms with van der Waals surface area (Å²) in [6.07, 6.45) is 2.75. The molecule has 35 heavy (non-hydrogen) atoms. The molecule has 0 radical (unpaired) electrons. The maximum absolute atomic E-state index is 13.2. The van der Waals surface area contributed by atoms with Crippen molar-refractivity contribution in [3.05, 3.63) is 101 Å². The Morgan fingerprint density at radius 3 is 2.51 bits per heavy atom. The lowest BCUT2D eigenvalue weighted by atomic mass is 10.1. The van der Waals surface area contributed by atoms with E-state index in [1.807, 2.05) is 66.2 Å². The Morgan fingerprint density at radius 2 is 1.69 bits per heavy atom. The lowest BCUT2D eigenvalue weighted by molar-refractivity contribution is -0.118. The molecule has 0 aliphatic heterocycles. The van der Waals surface area contributed by atoms with Gasteiger partial charge in [-0.3, -0.25) is 9.59 Å². The molecule has 0 saturated carbocycles. The number of hydrogen-bond acceptors (Lipinski definition) is 4. The molecular weight excluding hydrogens is 440 g/mol. The largest absolute Gasteiger partial charge is 0.484 e. The molecule has 0 bridgehead atoms. The minimum atomic E-state index is -0.261. The highest BCUT2D eigenvalue weighted by Crippen LogP contribution is 2.29. The van der Waals surface area contributed by atoms with Gasteiger partial charge >= 0.3 is 0 Å².